The molecular weight excluding hydrogens is 278 g/mol. The maximum atomic E-state index is 12.4. The van der Waals surface area contributed by atoms with Crippen molar-refractivity contribution < 1.29 is 18.5 Å². The van der Waals surface area contributed by atoms with Crippen LogP contribution in [0.3, 0.4) is 0 Å². The van der Waals surface area contributed by atoms with E-state index in [2.05, 4.69) is 20.9 Å². The number of carbonyl (C=O) groups excluding carboxylic acids is 1. The van der Waals surface area contributed by atoms with Crippen LogP contribution in [-0.2, 0) is 0 Å². The molecule has 0 spiro atoms. The predicted octanol–water partition coefficient (Wildman–Crippen LogP) is 2.50. The summed E-state index contributed by atoms with van der Waals surface area (Å²) >= 11 is 2.72. The fraction of sp³-hybridized carbons (Fsp3) is 0.143. The normalized spacial score (nSPS) is 10.4. The van der Waals surface area contributed by atoms with Crippen LogP contribution >= 0.6 is 15.9 Å². The molecule has 1 aromatic heterocycles. The van der Waals surface area contributed by atoms with E-state index < -0.39 is 28.3 Å². The molecule has 0 aliphatic rings. The predicted molar refractivity (Wildman–Crippen MR) is 48.9 cm³/mol. The number of alkyl halides is 2. The summed E-state index contributed by atoms with van der Waals surface area (Å²) in [5, 5.41) is 10.4. The van der Waals surface area contributed by atoms with Crippen LogP contribution in [0.5, 0.6) is 0 Å². The van der Waals surface area contributed by atoms with Crippen molar-refractivity contribution in [2.45, 2.75) is 6.43 Å². The van der Waals surface area contributed by atoms with Gasteiger partial charge in [0.2, 0.25) is 0 Å². The summed E-state index contributed by atoms with van der Waals surface area (Å²) in [7, 11) is 0. The Morgan fingerprint density at radius 1 is 1.60 bits per heavy atom. The molecule has 5 nitrogen and oxygen atoms in total. The van der Waals surface area contributed by atoms with Crippen LogP contribution in [-0.4, -0.2) is 16.2 Å². The first kappa shape index (κ1) is 11.6. The Labute approximate surface area is 90.4 Å². The van der Waals surface area contributed by atoms with Gasteiger partial charge in [0.15, 0.2) is 10.9 Å². The lowest BCUT2D eigenvalue weighted by atomic mass is 10.2. The molecule has 0 fully saturated rings. The number of aromatic nitrogens is 1. The maximum absolute atomic E-state index is 12.4. The monoisotopic (exact) mass is 280 g/mol. The zero-order valence-electron chi connectivity index (χ0n) is 6.99. The minimum absolute atomic E-state index is 0.121. The molecule has 0 saturated heterocycles. The quantitative estimate of drug-likeness (QED) is 0.369. The first-order chi connectivity index (χ1) is 6.97. The number of nitro groups is 1. The van der Waals surface area contributed by atoms with Gasteiger partial charge in [-0.1, -0.05) is 0 Å². The maximum Gasteiger partial charge on any atom is 0.302 e. The summed E-state index contributed by atoms with van der Waals surface area (Å²) in [4.78, 5) is 23.3. The summed E-state index contributed by atoms with van der Waals surface area (Å²) in [5.41, 5.74) is -1.86. The molecule has 80 valence electrons. The van der Waals surface area contributed by atoms with Gasteiger partial charge >= 0.3 is 5.69 Å². The molecule has 15 heavy (non-hydrogen) atoms. The first-order valence-electron chi connectivity index (χ1n) is 3.55. The summed E-state index contributed by atoms with van der Waals surface area (Å²) in [6.07, 6.45) is -2.86. The van der Waals surface area contributed by atoms with Crippen LogP contribution in [0, 0.1) is 10.1 Å². The van der Waals surface area contributed by atoms with Crippen molar-refractivity contribution in [2.24, 2.45) is 0 Å². The van der Waals surface area contributed by atoms with E-state index in [0.717, 1.165) is 0 Å². The highest BCUT2D eigenvalue weighted by Crippen LogP contribution is 2.29. The van der Waals surface area contributed by atoms with Gasteiger partial charge in [0.1, 0.15) is 5.69 Å². The lowest BCUT2D eigenvalue weighted by Crippen LogP contribution is -2.01. The summed E-state index contributed by atoms with van der Waals surface area (Å²) in [6, 6.07) is 0.630. The highest BCUT2D eigenvalue weighted by atomic mass is 79.9. The van der Waals surface area contributed by atoms with Gasteiger partial charge in [-0.25, -0.2) is 13.8 Å². The second kappa shape index (κ2) is 4.39. The lowest BCUT2D eigenvalue weighted by Gasteiger charge is -2.03. The third-order valence-electron chi connectivity index (χ3n) is 1.56. The average molecular weight is 281 g/mol. The Bertz CT molecular complexity index is 425. The Kier molecular flexibility index (Phi) is 3.40. The first-order valence-corrected chi connectivity index (χ1v) is 4.34. The molecule has 1 heterocycles. The highest BCUT2D eigenvalue weighted by Gasteiger charge is 2.22. The minimum atomic E-state index is -2.98. The number of pyridine rings is 1. The van der Waals surface area contributed by atoms with Crippen molar-refractivity contribution in [3.05, 3.63) is 32.0 Å². The number of aldehydes is 1. The summed E-state index contributed by atoms with van der Waals surface area (Å²) in [5.74, 6) is 0. The van der Waals surface area contributed by atoms with Gasteiger partial charge in [-0.2, -0.15) is 0 Å². The molecule has 0 aliphatic carbocycles. The number of rotatable bonds is 3. The van der Waals surface area contributed by atoms with Gasteiger partial charge in [-0.05, 0) is 15.9 Å². The molecule has 0 unspecified atom stereocenters. The number of halogens is 3. The Balaban J connectivity index is 3.43. The molecule has 0 bridgehead atoms. The van der Waals surface area contributed by atoms with Crippen molar-refractivity contribution in [2.75, 3.05) is 0 Å². The molecule has 1 rings (SSSR count). The Hall–Kier alpha value is -1.44. The van der Waals surface area contributed by atoms with Gasteiger partial charge in [0.25, 0.3) is 6.43 Å². The molecule has 0 atom stereocenters. The summed E-state index contributed by atoms with van der Waals surface area (Å²) in [6.45, 7) is 0. The fourth-order valence-corrected chi connectivity index (χ4v) is 1.36. The zero-order chi connectivity index (χ0) is 11.6. The average Bonchev–Trinajstić information content (AvgIpc) is 2.16. The van der Waals surface area contributed by atoms with Gasteiger partial charge in [0, 0.05) is 6.07 Å². The Morgan fingerprint density at radius 3 is 2.60 bits per heavy atom. The van der Waals surface area contributed by atoms with Crippen molar-refractivity contribution >= 4 is 27.9 Å². The second-order valence-electron chi connectivity index (χ2n) is 2.45. The van der Waals surface area contributed by atoms with E-state index in [4.69, 9.17) is 0 Å². The van der Waals surface area contributed by atoms with E-state index >= 15 is 0 Å². The minimum Gasteiger partial charge on any atom is -0.296 e. The van der Waals surface area contributed by atoms with E-state index in [1.165, 1.54) is 0 Å². The van der Waals surface area contributed by atoms with Crippen molar-refractivity contribution in [3.63, 3.8) is 0 Å². The highest BCUT2D eigenvalue weighted by molar-refractivity contribution is 9.10. The van der Waals surface area contributed by atoms with E-state index in [1.54, 1.807) is 0 Å². The van der Waals surface area contributed by atoms with Crippen molar-refractivity contribution in [1.82, 2.24) is 4.98 Å². The van der Waals surface area contributed by atoms with Crippen LogP contribution in [0.15, 0.2) is 10.7 Å². The number of hydrogen-bond acceptors (Lipinski definition) is 4. The molecule has 0 saturated carbocycles. The number of hydrogen-bond donors (Lipinski definition) is 0. The molecule has 0 aromatic carbocycles. The zero-order valence-corrected chi connectivity index (χ0v) is 8.57. The van der Waals surface area contributed by atoms with E-state index in [-0.39, 0.29) is 10.9 Å². The van der Waals surface area contributed by atoms with Crippen molar-refractivity contribution in [1.29, 1.82) is 0 Å². The van der Waals surface area contributed by atoms with Gasteiger partial charge in [-0.3, -0.25) is 14.9 Å². The topological polar surface area (TPSA) is 73.1 Å². The molecule has 8 heteroatoms. The van der Waals surface area contributed by atoms with Crippen LogP contribution in [0.1, 0.15) is 22.5 Å². The van der Waals surface area contributed by atoms with Crippen LogP contribution in [0.2, 0.25) is 0 Å². The van der Waals surface area contributed by atoms with Gasteiger partial charge in [-0.15, -0.1) is 0 Å². The molecule has 0 radical (unpaired) electrons. The number of nitrogens with zero attached hydrogens (tertiary/aromatic N) is 2. The molecule has 1 aromatic rings. The third-order valence-corrected chi connectivity index (χ3v) is 2.14. The fourth-order valence-electron chi connectivity index (χ4n) is 0.906. The lowest BCUT2D eigenvalue weighted by molar-refractivity contribution is -0.386. The largest absolute Gasteiger partial charge is 0.302 e. The van der Waals surface area contributed by atoms with E-state index in [0.29, 0.717) is 6.07 Å². The van der Waals surface area contributed by atoms with Crippen LogP contribution in [0.25, 0.3) is 0 Å². The third kappa shape index (κ3) is 2.32. The van der Waals surface area contributed by atoms with Gasteiger partial charge in [0.05, 0.1) is 10.5 Å². The van der Waals surface area contributed by atoms with E-state index in [1.807, 2.05) is 0 Å². The Morgan fingerprint density at radius 2 is 2.20 bits per heavy atom. The van der Waals surface area contributed by atoms with Crippen LogP contribution in [0.4, 0.5) is 14.5 Å². The standard InChI is InChI=1S/C7H3BrF2N2O3/c8-6-5(12(14)15)1-3(7(9)10)4(2-13)11-6/h1-2,7H. The SMILES string of the molecule is O=Cc1nc(Br)c([N+](=O)[O-])cc1C(F)F. The van der Waals surface area contributed by atoms with Crippen molar-refractivity contribution in [3.8, 4) is 0 Å². The molecule has 0 N–H and O–H groups in total. The molecule has 0 aliphatic heterocycles. The van der Waals surface area contributed by atoms with E-state index in [9.17, 15) is 23.7 Å². The van der Waals surface area contributed by atoms with Crippen LogP contribution < -0.4 is 0 Å². The van der Waals surface area contributed by atoms with Gasteiger partial charge < -0.3 is 0 Å². The second-order valence-corrected chi connectivity index (χ2v) is 3.20. The number of carbonyl (C=O) groups is 1. The summed E-state index contributed by atoms with van der Waals surface area (Å²) < 4.78 is 24.5. The smallest absolute Gasteiger partial charge is 0.296 e. The molecular formula is C7H3BrF2N2O3. The molecule has 0 amide bonds.